The van der Waals surface area contributed by atoms with Crippen LogP contribution in [0, 0.1) is 0 Å². The lowest BCUT2D eigenvalue weighted by molar-refractivity contribution is -0.134. The molecule has 0 bridgehead atoms. The first-order chi connectivity index (χ1) is 13.5. The number of anilines is 3. The molecule has 0 aliphatic carbocycles. The molecule has 2 aromatic carbocycles. The van der Waals surface area contributed by atoms with Crippen molar-refractivity contribution >= 4 is 23.4 Å². The molecule has 9 heteroatoms. The van der Waals surface area contributed by atoms with Gasteiger partial charge in [-0.05, 0) is 24.3 Å². The van der Waals surface area contributed by atoms with Crippen LogP contribution in [-0.4, -0.2) is 34.2 Å². The number of rotatable bonds is 8. The number of carbonyl (C=O) groups is 1. The predicted molar refractivity (Wildman–Crippen MR) is 100.0 cm³/mol. The number of aliphatic carboxylic acids is 1. The average molecular weight is 386 g/mol. The second-order valence-electron chi connectivity index (χ2n) is 5.60. The fourth-order valence-corrected chi connectivity index (χ4v) is 2.37. The lowest BCUT2D eigenvalue weighted by atomic mass is 10.1. The van der Waals surface area contributed by atoms with E-state index in [-0.39, 0.29) is 18.2 Å². The van der Waals surface area contributed by atoms with Crippen LogP contribution in [0.1, 0.15) is 0 Å². The van der Waals surface area contributed by atoms with E-state index in [9.17, 15) is 13.6 Å². The van der Waals surface area contributed by atoms with E-state index >= 15 is 0 Å². The van der Waals surface area contributed by atoms with Crippen molar-refractivity contribution in [3.63, 3.8) is 0 Å². The molecule has 0 atom stereocenters. The lowest BCUT2D eigenvalue weighted by Gasteiger charge is -2.11. The number of nitrogens with one attached hydrogen (secondary N) is 2. The number of benzene rings is 2. The van der Waals surface area contributed by atoms with Crippen molar-refractivity contribution in [3.05, 3.63) is 60.7 Å². The summed E-state index contributed by atoms with van der Waals surface area (Å²) >= 11 is 0. The summed E-state index contributed by atoms with van der Waals surface area (Å²) in [6.07, 6.45) is 0. The number of nitrogens with zero attached hydrogens (tertiary/aromatic N) is 2. The first-order valence-electron chi connectivity index (χ1n) is 8.21. The summed E-state index contributed by atoms with van der Waals surface area (Å²) in [6.45, 7) is -3.23. The molecule has 3 rings (SSSR count). The molecule has 0 unspecified atom stereocenters. The van der Waals surface area contributed by atoms with E-state index in [0.717, 1.165) is 5.56 Å². The zero-order chi connectivity index (χ0) is 19.9. The summed E-state index contributed by atoms with van der Waals surface area (Å²) in [4.78, 5) is 19.4. The van der Waals surface area contributed by atoms with Crippen LogP contribution in [-0.2, 0) is 4.79 Å². The van der Waals surface area contributed by atoms with Gasteiger partial charge in [0, 0.05) is 17.3 Å². The highest BCUT2D eigenvalue weighted by Gasteiger charge is 2.09. The molecule has 1 heterocycles. The Morgan fingerprint density at radius 1 is 1.07 bits per heavy atom. The SMILES string of the molecule is O=C(O)CNc1nc(Nc2ccc(OC(F)F)cc2)cc(-c2ccccc2)n1. The van der Waals surface area contributed by atoms with Crippen molar-refractivity contribution in [2.75, 3.05) is 17.2 Å². The molecule has 0 spiro atoms. The maximum absolute atomic E-state index is 12.2. The topological polar surface area (TPSA) is 96.4 Å². The van der Waals surface area contributed by atoms with Gasteiger partial charge in [0.25, 0.3) is 0 Å². The predicted octanol–water partition coefficient (Wildman–Crippen LogP) is 3.99. The minimum absolute atomic E-state index is 0.0389. The summed E-state index contributed by atoms with van der Waals surface area (Å²) < 4.78 is 28.8. The molecular formula is C19H16F2N4O3. The normalized spacial score (nSPS) is 10.5. The van der Waals surface area contributed by atoms with E-state index in [0.29, 0.717) is 17.2 Å². The summed E-state index contributed by atoms with van der Waals surface area (Å²) in [5, 5.41) is 14.5. The van der Waals surface area contributed by atoms with E-state index in [1.807, 2.05) is 30.3 Å². The fraction of sp³-hybridized carbons (Fsp3) is 0.105. The zero-order valence-electron chi connectivity index (χ0n) is 14.5. The number of aromatic nitrogens is 2. The van der Waals surface area contributed by atoms with Gasteiger partial charge in [-0.25, -0.2) is 4.98 Å². The first-order valence-corrected chi connectivity index (χ1v) is 8.21. The molecule has 0 aliphatic heterocycles. The van der Waals surface area contributed by atoms with Crippen LogP contribution < -0.4 is 15.4 Å². The highest BCUT2D eigenvalue weighted by atomic mass is 19.3. The summed E-state index contributed by atoms with van der Waals surface area (Å²) in [7, 11) is 0. The van der Waals surface area contributed by atoms with Gasteiger partial charge in [0.05, 0.1) is 5.69 Å². The largest absolute Gasteiger partial charge is 0.480 e. The van der Waals surface area contributed by atoms with Crippen molar-refractivity contribution in [3.8, 4) is 17.0 Å². The minimum Gasteiger partial charge on any atom is -0.480 e. The third-order valence-corrected chi connectivity index (χ3v) is 3.55. The summed E-state index contributed by atoms with van der Waals surface area (Å²) in [5.74, 6) is -0.456. The Morgan fingerprint density at radius 3 is 2.43 bits per heavy atom. The fourth-order valence-electron chi connectivity index (χ4n) is 2.37. The Morgan fingerprint density at radius 2 is 1.79 bits per heavy atom. The van der Waals surface area contributed by atoms with Gasteiger partial charge < -0.3 is 20.5 Å². The Balaban J connectivity index is 1.86. The first kappa shape index (κ1) is 19.0. The maximum Gasteiger partial charge on any atom is 0.387 e. The van der Waals surface area contributed by atoms with Crippen LogP contribution in [0.3, 0.4) is 0 Å². The van der Waals surface area contributed by atoms with Gasteiger partial charge in [0.1, 0.15) is 18.1 Å². The number of alkyl halides is 2. The van der Waals surface area contributed by atoms with E-state index in [2.05, 4.69) is 25.3 Å². The van der Waals surface area contributed by atoms with Gasteiger partial charge in [-0.1, -0.05) is 30.3 Å². The molecule has 0 radical (unpaired) electrons. The number of carboxylic acids is 1. The van der Waals surface area contributed by atoms with Crippen LogP contribution in [0.5, 0.6) is 5.75 Å². The smallest absolute Gasteiger partial charge is 0.387 e. The van der Waals surface area contributed by atoms with Crippen LogP contribution in [0.25, 0.3) is 11.3 Å². The van der Waals surface area contributed by atoms with Gasteiger partial charge in [0.2, 0.25) is 5.95 Å². The third-order valence-electron chi connectivity index (χ3n) is 3.55. The van der Waals surface area contributed by atoms with Crippen LogP contribution in [0.2, 0.25) is 0 Å². The van der Waals surface area contributed by atoms with Gasteiger partial charge in [-0.15, -0.1) is 0 Å². The van der Waals surface area contributed by atoms with Crippen molar-refractivity contribution < 1.29 is 23.4 Å². The third kappa shape index (κ3) is 5.37. The Hall–Kier alpha value is -3.75. The molecular weight excluding hydrogens is 370 g/mol. The summed E-state index contributed by atoms with van der Waals surface area (Å²) in [6, 6.07) is 16.9. The van der Waals surface area contributed by atoms with Crippen molar-refractivity contribution in [1.29, 1.82) is 0 Å². The molecule has 3 N–H and O–H groups in total. The molecule has 7 nitrogen and oxygen atoms in total. The quantitative estimate of drug-likeness (QED) is 0.539. The number of hydrogen-bond acceptors (Lipinski definition) is 6. The number of hydrogen-bond donors (Lipinski definition) is 3. The standard InChI is InChI=1S/C19H16F2N4O3/c20-18(21)28-14-8-6-13(7-9-14)23-16-10-15(12-4-2-1-3-5-12)24-19(25-16)22-11-17(26)27/h1-10,18H,11H2,(H,26,27)(H2,22,23,24,25). The number of halogens is 2. The molecule has 0 fully saturated rings. The van der Waals surface area contributed by atoms with E-state index in [1.54, 1.807) is 18.2 Å². The second kappa shape index (κ2) is 8.76. The number of ether oxygens (including phenoxy) is 1. The van der Waals surface area contributed by atoms with Crippen molar-refractivity contribution in [2.24, 2.45) is 0 Å². The molecule has 0 saturated carbocycles. The number of carboxylic acid groups (broad SMARTS) is 1. The Labute approximate surface area is 159 Å². The van der Waals surface area contributed by atoms with Crippen LogP contribution in [0.4, 0.5) is 26.2 Å². The monoisotopic (exact) mass is 386 g/mol. The molecule has 1 aromatic heterocycles. The molecule has 144 valence electrons. The van der Waals surface area contributed by atoms with Gasteiger partial charge in [0.15, 0.2) is 0 Å². The van der Waals surface area contributed by atoms with Crippen molar-refractivity contribution in [2.45, 2.75) is 6.61 Å². The average Bonchev–Trinajstić information content (AvgIpc) is 2.68. The maximum atomic E-state index is 12.2. The molecule has 28 heavy (non-hydrogen) atoms. The molecule has 0 aliphatic rings. The Bertz CT molecular complexity index is 938. The second-order valence-corrected chi connectivity index (χ2v) is 5.60. The van der Waals surface area contributed by atoms with Gasteiger partial charge in [-0.2, -0.15) is 13.8 Å². The molecule has 3 aromatic rings. The van der Waals surface area contributed by atoms with Crippen LogP contribution >= 0.6 is 0 Å². The lowest BCUT2D eigenvalue weighted by Crippen LogP contribution is -2.15. The highest BCUT2D eigenvalue weighted by Crippen LogP contribution is 2.25. The Kier molecular flexibility index (Phi) is 5.95. The van der Waals surface area contributed by atoms with Crippen molar-refractivity contribution in [1.82, 2.24) is 9.97 Å². The summed E-state index contributed by atoms with van der Waals surface area (Å²) in [5.41, 5.74) is 2.00. The van der Waals surface area contributed by atoms with Gasteiger partial charge >= 0.3 is 12.6 Å². The highest BCUT2D eigenvalue weighted by molar-refractivity contribution is 5.73. The van der Waals surface area contributed by atoms with E-state index in [4.69, 9.17) is 5.11 Å². The van der Waals surface area contributed by atoms with Gasteiger partial charge in [-0.3, -0.25) is 4.79 Å². The minimum atomic E-state index is -2.89. The van der Waals surface area contributed by atoms with E-state index < -0.39 is 12.6 Å². The van der Waals surface area contributed by atoms with Crippen LogP contribution in [0.15, 0.2) is 60.7 Å². The molecule has 0 amide bonds. The van der Waals surface area contributed by atoms with E-state index in [1.165, 1.54) is 12.1 Å². The molecule has 0 saturated heterocycles. The zero-order valence-corrected chi connectivity index (χ0v) is 14.5.